The summed E-state index contributed by atoms with van der Waals surface area (Å²) in [6.45, 7) is 5.98. The lowest BCUT2D eigenvalue weighted by atomic mass is 10.1. The first-order valence-corrected chi connectivity index (χ1v) is 9.23. The van der Waals surface area contributed by atoms with Gasteiger partial charge in [-0.25, -0.2) is 13.1 Å². The number of benzene rings is 1. The molecule has 1 aliphatic heterocycles. The van der Waals surface area contributed by atoms with Gasteiger partial charge in [-0.05, 0) is 45.7 Å². The molecule has 134 valence electrons. The van der Waals surface area contributed by atoms with Crippen molar-refractivity contribution < 1.29 is 18.4 Å². The van der Waals surface area contributed by atoms with Crippen LogP contribution in [0.25, 0.3) is 0 Å². The topological polar surface area (TPSA) is 113 Å². The van der Waals surface area contributed by atoms with Crippen molar-refractivity contribution in [3.05, 3.63) is 28.3 Å². The van der Waals surface area contributed by atoms with Gasteiger partial charge in [0.2, 0.25) is 10.0 Å². The molecule has 1 aromatic rings. The maximum absolute atomic E-state index is 12.4. The van der Waals surface area contributed by atoms with Crippen molar-refractivity contribution >= 4 is 21.4 Å². The van der Waals surface area contributed by atoms with Gasteiger partial charge in [-0.3, -0.25) is 10.1 Å². The van der Waals surface area contributed by atoms with E-state index in [9.17, 15) is 23.6 Å². The summed E-state index contributed by atoms with van der Waals surface area (Å²) in [6.07, 6.45) is 0.847. The maximum atomic E-state index is 12.4. The number of aliphatic hydroxyl groups excluding tert-OH is 1. The van der Waals surface area contributed by atoms with E-state index in [1.165, 1.54) is 12.1 Å². The van der Waals surface area contributed by atoms with Crippen LogP contribution in [-0.4, -0.2) is 43.2 Å². The van der Waals surface area contributed by atoms with Gasteiger partial charge >= 0.3 is 0 Å². The summed E-state index contributed by atoms with van der Waals surface area (Å²) in [5.41, 5.74) is -0.641. The van der Waals surface area contributed by atoms with Crippen LogP contribution in [0.5, 0.6) is 0 Å². The zero-order chi connectivity index (χ0) is 18.1. The zero-order valence-electron chi connectivity index (χ0n) is 14.0. The number of sulfonamides is 1. The third kappa shape index (κ3) is 4.43. The fourth-order valence-electron chi connectivity index (χ4n) is 2.72. The summed E-state index contributed by atoms with van der Waals surface area (Å²) in [7, 11) is -3.85. The molecule has 8 nitrogen and oxygen atoms in total. The minimum Gasteiger partial charge on any atom is -0.391 e. The van der Waals surface area contributed by atoms with Gasteiger partial charge in [-0.1, -0.05) is 0 Å². The number of hydrogen-bond donors (Lipinski definition) is 2. The third-order valence-corrected chi connectivity index (χ3v) is 5.39. The Morgan fingerprint density at radius 3 is 2.58 bits per heavy atom. The highest BCUT2D eigenvalue weighted by atomic mass is 32.2. The van der Waals surface area contributed by atoms with Crippen molar-refractivity contribution in [3.63, 3.8) is 0 Å². The molecule has 0 radical (unpaired) electrons. The van der Waals surface area contributed by atoms with Gasteiger partial charge in [0.15, 0.2) is 0 Å². The van der Waals surface area contributed by atoms with Crippen LogP contribution in [0.3, 0.4) is 0 Å². The molecule has 0 bridgehead atoms. The molecule has 0 aliphatic carbocycles. The van der Waals surface area contributed by atoms with E-state index in [2.05, 4.69) is 4.72 Å². The van der Waals surface area contributed by atoms with Crippen molar-refractivity contribution in [2.75, 3.05) is 18.0 Å². The number of β-amino-alcohol motifs (C(OH)–C–C–N with tert-alkyl or cyclic N) is 1. The average Bonchev–Trinajstić information content (AvgIpc) is 2.44. The van der Waals surface area contributed by atoms with Crippen LogP contribution in [-0.2, 0) is 10.0 Å². The lowest BCUT2D eigenvalue weighted by Gasteiger charge is -2.31. The molecule has 0 unspecified atom stereocenters. The van der Waals surface area contributed by atoms with E-state index < -0.39 is 26.6 Å². The first kappa shape index (κ1) is 18.6. The van der Waals surface area contributed by atoms with Crippen molar-refractivity contribution in [1.82, 2.24) is 4.72 Å². The minimum absolute atomic E-state index is 0.148. The summed E-state index contributed by atoms with van der Waals surface area (Å²) in [4.78, 5) is 12.4. The number of hydrogen-bond acceptors (Lipinski definition) is 6. The Kier molecular flexibility index (Phi) is 5.17. The van der Waals surface area contributed by atoms with Crippen molar-refractivity contribution in [1.29, 1.82) is 0 Å². The molecule has 2 N–H and O–H groups in total. The van der Waals surface area contributed by atoms with Crippen molar-refractivity contribution in [2.45, 2.75) is 50.2 Å². The number of nitro groups is 1. The fourth-order valence-corrected chi connectivity index (χ4v) is 4.16. The summed E-state index contributed by atoms with van der Waals surface area (Å²) < 4.78 is 27.2. The molecule has 0 amide bonds. The van der Waals surface area contributed by atoms with E-state index in [0.717, 1.165) is 12.5 Å². The highest BCUT2D eigenvalue weighted by Crippen LogP contribution is 2.32. The van der Waals surface area contributed by atoms with Crippen LogP contribution in [0, 0.1) is 10.1 Å². The third-order valence-electron chi connectivity index (χ3n) is 3.63. The maximum Gasteiger partial charge on any atom is 0.293 e. The van der Waals surface area contributed by atoms with Gasteiger partial charge < -0.3 is 10.0 Å². The molecule has 2 rings (SSSR count). The van der Waals surface area contributed by atoms with E-state index in [1.54, 1.807) is 25.7 Å². The molecular formula is C15H23N3O5S. The fraction of sp³-hybridized carbons (Fsp3) is 0.600. The largest absolute Gasteiger partial charge is 0.391 e. The van der Waals surface area contributed by atoms with Gasteiger partial charge in [-0.15, -0.1) is 0 Å². The standard InChI is InChI=1S/C15H23N3O5S/c1-15(2,3)16-24(22,23)12-6-7-13(14(9-12)18(20)21)17-8-4-5-11(19)10-17/h6-7,9,11,16,19H,4-5,8,10H2,1-3H3/t11-/m1/s1. The molecule has 1 saturated heterocycles. The quantitative estimate of drug-likeness (QED) is 0.625. The number of anilines is 1. The van der Waals surface area contributed by atoms with E-state index >= 15 is 0 Å². The summed E-state index contributed by atoms with van der Waals surface area (Å²) in [5.74, 6) is 0. The van der Waals surface area contributed by atoms with E-state index in [0.29, 0.717) is 25.2 Å². The van der Waals surface area contributed by atoms with E-state index in [1.807, 2.05) is 0 Å². The van der Waals surface area contributed by atoms with Gasteiger partial charge in [-0.2, -0.15) is 0 Å². The Morgan fingerprint density at radius 1 is 1.38 bits per heavy atom. The normalized spacial score (nSPS) is 19.3. The molecule has 0 spiro atoms. The van der Waals surface area contributed by atoms with E-state index in [4.69, 9.17) is 0 Å². The monoisotopic (exact) mass is 357 g/mol. The molecular weight excluding hydrogens is 334 g/mol. The molecule has 1 atom stereocenters. The van der Waals surface area contributed by atoms with Crippen LogP contribution in [0.2, 0.25) is 0 Å². The van der Waals surface area contributed by atoms with Gasteiger partial charge in [0.05, 0.1) is 15.9 Å². The first-order chi connectivity index (χ1) is 11.0. The number of nitrogens with zero attached hydrogens (tertiary/aromatic N) is 2. The number of piperidine rings is 1. The van der Waals surface area contributed by atoms with Crippen LogP contribution in [0.15, 0.2) is 23.1 Å². The van der Waals surface area contributed by atoms with E-state index in [-0.39, 0.29) is 10.6 Å². The smallest absolute Gasteiger partial charge is 0.293 e. The zero-order valence-corrected chi connectivity index (χ0v) is 14.8. The average molecular weight is 357 g/mol. The lowest BCUT2D eigenvalue weighted by molar-refractivity contribution is -0.384. The second-order valence-electron chi connectivity index (χ2n) is 7.01. The molecule has 1 aromatic carbocycles. The number of nitrogens with one attached hydrogen (secondary N) is 1. The predicted molar refractivity (Wildman–Crippen MR) is 90.6 cm³/mol. The Bertz CT molecular complexity index is 727. The first-order valence-electron chi connectivity index (χ1n) is 7.75. The van der Waals surface area contributed by atoms with Gasteiger partial charge in [0, 0.05) is 24.7 Å². The molecule has 0 aromatic heterocycles. The predicted octanol–water partition coefficient (Wildman–Crippen LogP) is 1.63. The molecule has 9 heteroatoms. The highest BCUT2D eigenvalue weighted by Gasteiger charge is 2.28. The molecule has 1 aliphatic rings. The Morgan fingerprint density at radius 2 is 2.04 bits per heavy atom. The van der Waals surface area contributed by atoms with Gasteiger partial charge in [0.25, 0.3) is 5.69 Å². The molecule has 1 fully saturated rings. The Balaban J connectivity index is 2.42. The molecule has 0 saturated carbocycles. The second-order valence-corrected chi connectivity index (χ2v) is 8.69. The molecule has 1 heterocycles. The number of rotatable bonds is 4. The van der Waals surface area contributed by atoms with Crippen molar-refractivity contribution in [3.8, 4) is 0 Å². The number of nitro benzene ring substituents is 1. The second kappa shape index (κ2) is 6.66. The van der Waals surface area contributed by atoms with Crippen molar-refractivity contribution in [2.24, 2.45) is 0 Å². The SMILES string of the molecule is CC(C)(C)NS(=O)(=O)c1ccc(N2CCC[C@@H](O)C2)c([N+](=O)[O-])c1. The summed E-state index contributed by atoms with van der Waals surface area (Å²) >= 11 is 0. The summed E-state index contributed by atoms with van der Waals surface area (Å²) in [5, 5.41) is 21.2. The van der Waals surface area contributed by atoms with Crippen LogP contribution in [0.4, 0.5) is 11.4 Å². The minimum atomic E-state index is -3.85. The summed E-state index contributed by atoms with van der Waals surface area (Å²) in [6, 6.07) is 3.87. The van der Waals surface area contributed by atoms with Crippen LogP contribution < -0.4 is 9.62 Å². The molecule has 24 heavy (non-hydrogen) atoms. The lowest BCUT2D eigenvalue weighted by Crippen LogP contribution is -2.40. The highest BCUT2D eigenvalue weighted by molar-refractivity contribution is 7.89. The van der Waals surface area contributed by atoms with Crippen LogP contribution in [0.1, 0.15) is 33.6 Å². The Labute approximate surface area is 141 Å². The van der Waals surface area contributed by atoms with Gasteiger partial charge in [0.1, 0.15) is 5.69 Å². The number of aliphatic hydroxyl groups is 1. The Hall–Kier alpha value is -1.71. The van der Waals surface area contributed by atoms with Crippen LogP contribution >= 0.6 is 0 Å².